The van der Waals surface area contributed by atoms with E-state index in [4.69, 9.17) is 16.3 Å². The molecule has 5 nitrogen and oxygen atoms in total. The average molecular weight is 327 g/mol. The van der Waals surface area contributed by atoms with E-state index >= 15 is 0 Å². The van der Waals surface area contributed by atoms with Crippen molar-refractivity contribution in [1.82, 2.24) is 5.32 Å². The Hall–Kier alpha value is -1.75. The van der Waals surface area contributed by atoms with Crippen LogP contribution in [0.25, 0.3) is 0 Å². The Morgan fingerprint density at radius 2 is 2.00 bits per heavy atom. The third kappa shape index (κ3) is 7.88. The second-order valence-electron chi connectivity index (χ2n) is 5.90. The van der Waals surface area contributed by atoms with Crippen molar-refractivity contribution < 1.29 is 14.3 Å². The number of halogens is 1. The van der Waals surface area contributed by atoms with Gasteiger partial charge in [-0.1, -0.05) is 12.1 Å². The Kier molecular flexibility index (Phi) is 7.18. The molecule has 0 atom stereocenters. The minimum atomic E-state index is -0.525. The van der Waals surface area contributed by atoms with E-state index in [0.29, 0.717) is 31.0 Å². The number of ether oxygens (including phenoxy) is 1. The van der Waals surface area contributed by atoms with Gasteiger partial charge in [-0.15, -0.1) is 11.6 Å². The summed E-state index contributed by atoms with van der Waals surface area (Å²) < 4.78 is 5.17. The molecule has 122 valence electrons. The van der Waals surface area contributed by atoms with Crippen molar-refractivity contribution in [3.05, 3.63) is 29.8 Å². The zero-order chi connectivity index (χ0) is 16.6. The normalized spacial score (nSPS) is 10.9. The number of alkyl halides is 1. The van der Waals surface area contributed by atoms with Gasteiger partial charge >= 0.3 is 6.09 Å². The monoisotopic (exact) mass is 326 g/mol. The van der Waals surface area contributed by atoms with Gasteiger partial charge in [-0.2, -0.15) is 0 Å². The van der Waals surface area contributed by atoms with Crippen LogP contribution in [0, 0.1) is 0 Å². The number of rotatable bonds is 6. The summed E-state index contributed by atoms with van der Waals surface area (Å²) in [6, 6.07) is 7.31. The molecule has 1 rings (SSSR count). The molecule has 1 aromatic carbocycles. The fraction of sp³-hybridized carbons (Fsp3) is 0.500. The highest BCUT2D eigenvalue weighted by atomic mass is 35.5. The van der Waals surface area contributed by atoms with Crippen LogP contribution in [0.15, 0.2) is 24.3 Å². The molecule has 0 spiro atoms. The molecule has 0 saturated heterocycles. The third-order valence-electron chi connectivity index (χ3n) is 2.58. The van der Waals surface area contributed by atoms with Crippen LogP contribution >= 0.6 is 11.6 Å². The quantitative estimate of drug-likeness (QED) is 0.784. The lowest BCUT2D eigenvalue weighted by atomic mass is 10.2. The fourth-order valence-electron chi connectivity index (χ4n) is 1.70. The number of hydrogen-bond donors (Lipinski definition) is 2. The molecule has 0 aromatic heterocycles. The predicted molar refractivity (Wildman–Crippen MR) is 88.1 cm³/mol. The molecule has 2 N–H and O–H groups in total. The van der Waals surface area contributed by atoms with Gasteiger partial charge in [0.05, 0.1) is 0 Å². The summed E-state index contributed by atoms with van der Waals surface area (Å²) in [5.74, 6) is 0.394. The van der Waals surface area contributed by atoms with Gasteiger partial charge in [0.2, 0.25) is 5.91 Å². The second-order valence-corrected chi connectivity index (χ2v) is 6.27. The summed E-state index contributed by atoms with van der Waals surface area (Å²) in [6.07, 6.45) is 0.570. The van der Waals surface area contributed by atoms with E-state index in [1.165, 1.54) is 0 Å². The van der Waals surface area contributed by atoms with Crippen molar-refractivity contribution in [3.63, 3.8) is 0 Å². The van der Waals surface area contributed by atoms with E-state index in [1.54, 1.807) is 6.07 Å². The average Bonchev–Trinajstić information content (AvgIpc) is 2.41. The van der Waals surface area contributed by atoms with Gasteiger partial charge in [0.25, 0.3) is 0 Å². The molecule has 0 saturated carbocycles. The third-order valence-corrected chi connectivity index (χ3v) is 2.85. The molecular weight excluding hydrogens is 304 g/mol. The Balaban J connectivity index is 2.50. The van der Waals surface area contributed by atoms with Crippen LogP contribution in [0.4, 0.5) is 10.5 Å². The van der Waals surface area contributed by atoms with Crippen LogP contribution in [-0.2, 0) is 16.1 Å². The van der Waals surface area contributed by atoms with Gasteiger partial charge < -0.3 is 15.4 Å². The summed E-state index contributed by atoms with van der Waals surface area (Å²) in [6.45, 7) is 5.76. The van der Waals surface area contributed by atoms with Crippen LogP contribution in [0.5, 0.6) is 0 Å². The Labute approximate surface area is 136 Å². The maximum Gasteiger partial charge on any atom is 0.407 e. The van der Waals surface area contributed by atoms with Crippen LogP contribution < -0.4 is 10.6 Å². The van der Waals surface area contributed by atoms with Crippen molar-refractivity contribution >= 4 is 29.3 Å². The maximum atomic E-state index is 11.6. The highest BCUT2D eigenvalue weighted by Crippen LogP contribution is 2.12. The van der Waals surface area contributed by atoms with Gasteiger partial charge in [0.15, 0.2) is 0 Å². The first-order valence-electron chi connectivity index (χ1n) is 7.22. The van der Waals surface area contributed by atoms with Gasteiger partial charge in [-0.05, 0) is 44.9 Å². The van der Waals surface area contributed by atoms with Crippen molar-refractivity contribution in [2.24, 2.45) is 0 Å². The molecule has 0 aliphatic rings. The van der Waals surface area contributed by atoms with Gasteiger partial charge in [-0.25, -0.2) is 4.79 Å². The highest BCUT2D eigenvalue weighted by Gasteiger charge is 2.15. The summed E-state index contributed by atoms with van der Waals surface area (Å²) in [7, 11) is 0. The smallest absolute Gasteiger partial charge is 0.407 e. The molecule has 0 unspecified atom stereocenters. The SMILES string of the molecule is CC(C)(C)OC(=O)NCc1cccc(NC(=O)CCCCl)c1. The van der Waals surface area contributed by atoms with E-state index in [-0.39, 0.29) is 5.91 Å². The van der Waals surface area contributed by atoms with E-state index in [1.807, 2.05) is 39.0 Å². The maximum absolute atomic E-state index is 11.6. The Morgan fingerprint density at radius 1 is 1.27 bits per heavy atom. The molecule has 0 fully saturated rings. The van der Waals surface area contributed by atoms with Crippen molar-refractivity contribution in [1.29, 1.82) is 0 Å². The van der Waals surface area contributed by atoms with E-state index in [0.717, 1.165) is 5.56 Å². The van der Waals surface area contributed by atoms with Gasteiger partial charge in [-0.3, -0.25) is 4.79 Å². The first-order valence-corrected chi connectivity index (χ1v) is 7.75. The lowest BCUT2D eigenvalue weighted by Crippen LogP contribution is -2.32. The molecule has 2 amide bonds. The number of nitrogens with one attached hydrogen (secondary N) is 2. The predicted octanol–water partition coefficient (Wildman–Crippen LogP) is 3.67. The number of carbonyl (C=O) groups excluding carboxylic acids is 2. The van der Waals surface area contributed by atoms with Crippen LogP contribution in [0.2, 0.25) is 0 Å². The molecule has 22 heavy (non-hydrogen) atoms. The number of hydrogen-bond acceptors (Lipinski definition) is 3. The molecule has 1 aromatic rings. The summed E-state index contributed by atoms with van der Waals surface area (Å²) in [4.78, 5) is 23.2. The second kappa shape index (κ2) is 8.63. The molecule has 0 aliphatic heterocycles. The number of benzene rings is 1. The van der Waals surface area contributed by atoms with Crippen LogP contribution in [0.3, 0.4) is 0 Å². The molecule has 0 aliphatic carbocycles. The summed E-state index contributed by atoms with van der Waals surface area (Å²) >= 11 is 5.56. The molecular formula is C16H23ClN2O3. The highest BCUT2D eigenvalue weighted by molar-refractivity contribution is 6.18. The molecule has 0 bridgehead atoms. The van der Waals surface area contributed by atoms with E-state index in [2.05, 4.69) is 10.6 Å². The van der Waals surface area contributed by atoms with Crippen LogP contribution in [-0.4, -0.2) is 23.5 Å². The van der Waals surface area contributed by atoms with Crippen molar-refractivity contribution in [2.45, 2.75) is 45.8 Å². The van der Waals surface area contributed by atoms with Crippen molar-refractivity contribution in [2.75, 3.05) is 11.2 Å². The molecule has 6 heteroatoms. The topological polar surface area (TPSA) is 67.4 Å². The molecule has 0 heterocycles. The van der Waals surface area contributed by atoms with E-state index in [9.17, 15) is 9.59 Å². The zero-order valence-electron chi connectivity index (χ0n) is 13.2. The fourth-order valence-corrected chi connectivity index (χ4v) is 1.83. The number of anilines is 1. The lowest BCUT2D eigenvalue weighted by Gasteiger charge is -2.19. The first-order chi connectivity index (χ1) is 10.3. The minimum Gasteiger partial charge on any atom is -0.444 e. The Bertz CT molecular complexity index is 512. The standard InChI is InChI=1S/C16H23ClN2O3/c1-16(2,3)22-15(21)18-11-12-6-4-7-13(10-12)19-14(20)8-5-9-17/h4,6-7,10H,5,8-9,11H2,1-3H3,(H,18,21)(H,19,20). The van der Waals surface area contributed by atoms with E-state index < -0.39 is 11.7 Å². The van der Waals surface area contributed by atoms with Gasteiger partial charge in [0.1, 0.15) is 5.60 Å². The summed E-state index contributed by atoms with van der Waals surface area (Å²) in [5.41, 5.74) is 1.05. The minimum absolute atomic E-state index is 0.0714. The van der Waals surface area contributed by atoms with Crippen LogP contribution in [0.1, 0.15) is 39.2 Å². The summed E-state index contributed by atoms with van der Waals surface area (Å²) in [5, 5.41) is 5.48. The van der Waals surface area contributed by atoms with Crippen molar-refractivity contribution in [3.8, 4) is 0 Å². The first kappa shape index (κ1) is 18.3. The zero-order valence-corrected chi connectivity index (χ0v) is 14.0. The Morgan fingerprint density at radius 3 is 2.64 bits per heavy atom. The molecule has 0 radical (unpaired) electrons. The number of amides is 2. The number of carbonyl (C=O) groups is 2. The van der Waals surface area contributed by atoms with Gasteiger partial charge in [0, 0.05) is 24.5 Å². The lowest BCUT2D eigenvalue weighted by molar-refractivity contribution is -0.116. The largest absolute Gasteiger partial charge is 0.444 e. The number of alkyl carbamates (subject to hydrolysis) is 1.